The molecule has 0 atom stereocenters. The average molecular weight is 312 g/mol. The highest BCUT2D eigenvalue weighted by Gasteiger charge is 2.30. The maximum absolute atomic E-state index is 12.9. The molecule has 4 nitrogen and oxygen atoms in total. The second-order valence-corrected chi connectivity index (χ2v) is 7.00. The number of carbonyl (C=O) groups excluding carboxylic acids is 2. The molecule has 0 radical (unpaired) electrons. The van der Waals surface area contributed by atoms with Gasteiger partial charge in [-0.25, -0.2) is 0 Å². The molecule has 0 unspecified atom stereocenters. The van der Waals surface area contributed by atoms with E-state index >= 15 is 0 Å². The second kappa shape index (κ2) is 5.99. The van der Waals surface area contributed by atoms with Gasteiger partial charge in [-0.2, -0.15) is 0 Å². The SMILES string of the molecule is O=C(c1cc2c3c(c1)CCC(=O)N3CCC2)N1CCCCCC1. The van der Waals surface area contributed by atoms with Crippen LogP contribution < -0.4 is 4.90 Å². The van der Waals surface area contributed by atoms with Gasteiger partial charge in [-0.15, -0.1) is 0 Å². The van der Waals surface area contributed by atoms with Gasteiger partial charge in [-0.1, -0.05) is 12.8 Å². The molecule has 3 heterocycles. The van der Waals surface area contributed by atoms with Crippen molar-refractivity contribution in [1.29, 1.82) is 0 Å². The lowest BCUT2D eigenvalue weighted by molar-refractivity contribution is -0.119. The largest absolute Gasteiger partial charge is 0.339 e. The molecule has 0 spiro atoms. The first-order chi connectivity index (χ1) is 11.2. The molecule has 3 aliphatic heterocycles. The monoisotopic (exact) mass is 312 g/mol. The molecule has 0 aromatic heterocycles. The Balaban J connectivity index is 1.68. The number of carbonyl (C=O) groups is 2. The normalized spacial score (nSPS) is 21.0. The molecule has 1 aromatic carbocycles. The third-order valence-corrected chi connectivity index (χ3v) is 5.42. The smallest absolute Gasteiger partial charge is 0.253 e. The van der Waals surface area contributed by atoms with Crippen LogP contribution in [0.15, 0.2) is 12.1 Å². The summed E-state index contributed by atoms with van der Waals surface area (Å²) in [7, 11) is 0. The van der Waals surface area contributed by atoms with E-state index < -0.39 is 0 Å². The Labute approximate surface area is 137 Å². The number of anilines is 1. The van der Waals surface area contributed by atoms with Crippen LogP contribution in [0.25, 0.3) is 0 Å². The summed E-state index contributed by atoms with van der Waals surface area (Å²) in [5, 5.41) is 0. The zero-order valence-electron chi connectivity index (χ0n) is 13.6. The first-order valence-electron chi connectivity index (χ1n) is 8.99. The fraction of sp³-hybridized carbons (Fsp3) is 0.579. The van der Waals surface area contributed by atoms with Crippen molar-refractivity contribution < 1.29 is 9.59 Å². The number of amides is 2. The molecule has 0 aliphatic carbocycles. The summed E-state index contributed by atoms with van der Waals surface area (Å²) in [6.07, 6.45) is 8.03. The molecule has 0 N–H and O–H groups in total. The van der Waals surface area contributed by atoms with E-state index in [1.165, 1.54) is 24.0 Å². The van der Waals surface area contributed by atoms with Crippen molar-refractivity contribution in [3.05, 3.63) is 28.8 Å². The van der Waals surface area contributed by atoms with E-state index in [2.05, 4.69) is 12.1 Å². The van der Waals surface area contributed by atoms with Gasteiger partial charge in [0.15, 0.2) is 0 Å². The molecule has 122 valence electrons. The van der Waals surface area contributed by atoms with Crippen LogP contribution in [0, 0.1) is 0 Å². The molecule has 4 rings (SSSR count). The lowest BCUT2D eigenvalue weighted by Crippen LogP contribution is -2.39. The van der Waals surface area contributed by atoms with E-state index in [1.807, 2.05) is 9.80 Å². The first kappa shape index (κ1) is 14.7. The number of hydrogen-bond donors (Lipinski definition) is 0. The summed E-state index contributed by atoms with van der Waals surface area (Å²) in [6.45, 7) is 2.60. The van der Waals surface area contributed by atoms with Crippen LogP contribution in [0.3, 0.4) is 0 Å². The van der Waals surface area contributed by atoms with Gasteiger partial charge in [0.05, 0.1) is 5.69 Å². The maximum atomic E-state index is 12.9. The summed E-state index contributed by atoms with van der Waals surface area (Å²) in [5.74, 6) is 0.421. The minimum Gasteiger partial charge on any atom is -0.339 e. The van der Waals surface area contributed by atoms with E-state index in [9.17, 15) is 9.59 Å². The van der Waals surface area contributed by atoms with Crippen LogP contribution >= 0.6 is 0 Å². The summed E-state index contributed by atoms with van der Waals surface area (Å²) < 4.78 is 0. The van der Waals surface area contributed by atoms with Crippen LogP contribution in [0.5, 0.6) is 0 Å². The number of nitrogens with zero attached hydrogens (tertiary/aromatic N) is 2. The van der Waals surface area contributed by atoms with E-state index in [0.717, 1.165) is 63.0 Å². The van der Waals surface area contributed by atoms with Crippen molar-refractivity contribution in [3.63, 3.8) is 0 Å². The molecule has 4 heteroatoms. The zero-order chi connectivity index (χ0) is 15.8. The Bertz CT molecular complexity index is 628. The van der Waals surface area contributed by atoms with E-state index in [-0.39, 0.29) is 11.8 Å². The molecule has 1 saturated heterocycles. The molecule has 2 amide bonds. The standard InChI is InChI=1S/C19H24N2O2/c22-17-8-7-15-13-16(12-14-6-5-11-21(17)18(14)15)19(23)20-9-3-1-2-4-10-20/h12-13H,1-11H2. The number of aryl methyl sites for hydroxylation is 2. The first-order valence-corrected chi connectivity index (χ1v) is 8.99. The van der Waals surface area contributed by atoms with Crippen LogP contribution in [-0.2, 0) is 17.6 Å². The Morgan fingerprint density at radius 3 is 2.26 bits per heavy atom. The highest BCUT2D eigenvalue weighted by Crippen LogP contribution is 2.36. The maximum Gasteiger partial charge on any atom is 0.253 e. The topological polar surface area (TPSA) is 40.6 Å². The number of rotatable bonds is 1. The Kier molecular flexibility index (Phi) is 3.83. The minimum atomic E-state index is 0.181. The molecule has 0 bridgehead atoms. The molecule has 0 saturated carbocycles. The van der Waals surface area contributed by atoms with E-state index in [1.54, 1.807) is 0 Å². The molecule has 23 heavy (non-hydrogen) atoms. The van der Waals surface area contributed by atoms with E-state index in [0.29, 0.717) is 6.42 Å². The summed E-state index contributed by atoms with van der Waals surface area (Å²) in [4.78, 5) is 29.0. The van der Waals surface area contributed by atoms with Gasteiger partial charge in [-0.3, -0.25) is 9.59 Å². The Hall–Kier alpha value is -1.84. The Morgan fingerprint density at radius 2 is 1.52 bits per heavy atom. The predicted molar refractivity (Wildman–Crippen MR) is 89.8 cm³/mol. The van der Waals surface area contributed by atoms with Gasteiger partial charge in [0.1, 0.15) is 0 Å². The van der Waals surface area contributed by atoms with Crippen LogP contribution in [0.1, 0.15) is 60.0 Å². The van der Waals surface area contributed by atoms with Gasteiger partial charge in [-0.05, 0) is 55.4 Å². The predicted octanol–water partition coefficient (Wildman–Crippen LogP) is 2.93. The zero-order valence-corrected chi connectivity index (χ0v) is 13.6. The van der Waals surface area contributed by atoms with Crippen LogP contribution in [-0.4, -0.2) is 36.3 Å². The Morgan fingerprint density at radius 1 is 0.826 bits per heavy atom. The minimum absolute atomic E-state index is 0.181. The summed E-state index contributed by atoms with van der Waals surface area (Å²) >= 11 is 0. The van der Waals surface area contributed by atoms with Gasteiger partial charge in [0, 0.05) is 31.6 Å². The number of hydrogen-bond acceptors (Lipinski definition) is 2. The lowest BCUT2D eigenvalue weighted by Gasteiger charge is -2.35. The van der Waals surface area contributed by atoms with Crippen molar-refractivity contribution in [2.24, 2.45) is 0 Å². The summed E-state index contributed by atoms with van der Waals surface area (Å²) in [6, 6.07) is 4.10. The average Bonchev–Trinajstić information content (AvgIpc) is 2.86. The number of benzene rings is 1. The molecular formula is C19H24N2O2. The van der Waals surface area contributed by atoms with Crippen LogP contribution in [0.2, 0.25) is 0 Å². The van der Waals surface area contributed by atoms with E-state index in [4.69, 9.17) is 0 Å². The van der Waals surface area contributed by atoms with Crippen molar-refractivity contribution >= 4 is 17.5 Å². The number of likely N-dealkylation sites (tertiary alicyclic amines) is 1. The fourth-order valence-corrected chi connectivity index (χ4v) is 4.23. The third kappa shape index (κ3) is 2.64. The third-order valence-electron chi connectivity index (χ3n) is 5.42. The van der Waals surface area contributed by atoms with Gasteiger partial charge in [0.25, 0.3) is 5.91 Å². The molecule has 3 aliphatic rings. The van der Waals surface area contributed by atoms with Crippen molar-refractivity contribution in [2.75, 3.05) is 24.5 Å². The highest BCUT2D eigenvalue weighted by atomic mass is 16.2. The lowest BCUT2D eigenvalue weighted by atomic mass is 9.89. The second-order valence-electron chi connectivity index (χ2n) is 7.00. The molecule has 1 aromatic rings. The van der Waals surface area contributed by atoms with Gasteiger partial charge >= 0.3 is 0 Å². The van der Waals surface area contributed by atoms with Crippen molar-refractivity contribution in [3.8, 4) is 0 Å². The molecular weight excluding hydrogens is 288 g/mol. The highest BCUT2D eigenvalue weighted by molar-refractivity contribution is 6.00. The van der Waals surface area contributed by atoms with Crippen LogP contribution in [0.4, 0.5) is 5.69 Å². The fourth-order valence-electron chi connectivity index (χ4n) is 4.23. The van der Waals surface area contributed by atoms with Crippen molar-refractivity contribution in [1.82, 2.24) is 4.90 Å². The molecule has 1 fully saturated rings. The van der Waals surface area contributed by atoms with Gasteiger partial charge in [0.2, 0.25) is 5.91 Å². The van der Waals surface area contributed by atoms with Gasteiger partial charge < -0.3 is 9.80 Å². The summed E-state index contributed by atoms with van der Waals surface area (Å²) in [5.41, 5.74) is 4.33. The van der Waals surface area contributed by atoms with Crippen molar-refractivity contribution in [2.45, 2.75) is 51.4 Å². The quantitative estimate of drug-likeness (QED) is 0.800.